The largest absolute Gasteiger partial charge is 0.412 e. The highest BCUT2D eigenvalue weighted by Crippen LogP contribution is 2.51. The van der Waals surface area contributed by atoms with Crippen LogP contribution in [-0.2, 0) is 9.13 Å². The summed E-state index contributed by atoms with van der Waals surface area (Å²) in [5.74, 6) is -1.38. The average molecular weight is 239 g/mol. The van der Waals surface area contributed by atoms with E-state index in [0.717, 1.165) is 0 Å². The zero-order chi connectivity index (χ0) is 10.4. The maximum Gasteiger partial charge on any atom is 0.337 e. The van der Waals surface area contributed by atoms with Crippen LogP contribution in [-0.4, -0.2) is 45.0 Å². The fourth-order valence-corrected chi connectivity index (χ4v) is 2.16. The standard InChI is InChI=1S/C2H7N.CH6O6P2.H2O/c1-3-2;2-8(3,4)1-9(5,6)7;/h3H,1-2H3;1H2,(H2,2,3,4)(H2,5,6,7);1H2. The van der Waals surface area contributed by atoms with Crippen molar-refractivity contribution < 1.29 is 34.2 Å². The minimum absolute atomic E-state index is 0. The molecule has 0 spiro atoms. The Morgan fingerprint density at radius 3 is 1.15 bits per heavy atom. The molecular formula is C3H15NO7P2. The Balaban J connectivity index is -0.000000220. The van der Waals surface area contributed by atoms with E-state index in [1.54, 1.807) is 0 Å². The Labute approximate surface area is 75.6 Å². The van der Waals surface area contributed by atoms with Crippen LogP contribution in [0.5, 0.6) is 0 Å². The molecule has 13 heavy (non-hydrogen) atoms. The molecule has 0 radical (unpaired) electrons. The first-order chi connectivity index (χ1) is 5.12. The maximum atomic E-state index is 9.85. The van der Waals surface area contributed by atoms with E-state index in [9.17, 15) is 9.13 Å². The van der Waals surface area contributed by atoms with Crippen LogP contribution in [0, 0.1) is 0 Å². The molecule has 0 fully saturated rings. The van der Waals surface area contributed by atoms with Crippen molar-refractivity contribution in [3.63, 3.8) is 0 Å². The summed E-state index contributed by atoms with van der Waals surface area (Å²) >= 11 is 0. The van der Waals surface area contributed by atoms with E-state index in [1.165, 1.54) is 0 Å². The Bertz CT molecular complexity index is 174. The highest BCUT2D eigenvalue weighted by molar-refractivity contribution is 7.69. The first-order valence-electron chi connectivity index (χ1n) is 2.80. The van der Waals surface area contributed by atoms with E-state index in [4.69, 9.17) is 19.6 Å². The number of nitrogens with one attached hydrogen (secondary N) is 1. The van der Waals surface area contributed by atoms with Gasteiger partial charge in [-0.2, -0.15) is 0 Å². The van der Waals surface area contributed by atoms with E-state index in [0.29, 0.717) is 0 Å². The van der Waals surface area contributed by atoms with Crippen LogP contribution in [0.3, 0.4) is 0 Å². The lowest BCUT2D eigenvalue weighted by atomic mass is 11.3. The normalized spacial score (nSPS) is 10.9. The van der Waals surface area contributed by atoms with Gasteiger partial charge in [0.15, 0.2) is 5.90 Å². The zero-order valence-corrected chi connectivity index (χ0v) is 9.00. The van der Waals surface area contributed by atoms with Gasteiger partial charge >= 0.3 is 15.2 Å². The van der Waals surface area contributed by atoms with Gasteiger partial charge in [-0.3, -0.25) is 9.13 Å². The third-order valence-electron chi connectivity index (χ3n) is 0.368. The van der Waals surface area contributed by atoms with Crippen LogP contribution in [0.1, 0.15) is 0 Å². The third kappa shape index (κ3) is 33.0. The fraction of sp³-hybridized carbons (Fsp3) is 1.00. The van der Waals surface area contributed by atoms with Gasteiger partial charge in [-0.05, 0) is 14.1 Å². The molecule has 8 nitrogen and oxygen atoms in total. The molecule has 0 saturated heterocycles. The van der Waals surface area contributed by atoms with Crippen molar-refractivity contribution in [3.8, 4) is 0 Å². The summed E-state index contributed by atoms with van der Waals surface area (Å²) in [5, 5.41) is 2.75. The van der Waals surface area contributed by atoms with Crippen molar-refractivity contribution >= 4 is 15.2 Å². The molecule has 0 bridgehead atoms. The van der Waals surface area contributed by atoms with Gasteiger partial charge in [-0.15, -0.1) is 0 Å². The summed E-state index contributed by atoms with van der Waals surface area (Å²) in [6.07, 6.45) is 0. The smallest absolute Gasteiger partial charge is 0.337 e. The Kier molecular flexibility index (Phi) is 11.1. The van der Waals surface area contributed by atoms with Crippen LogP contribution in [0.25, 0.3) is 0 Å². The third-order valence-corrected chi connectivity index (χ3v) is 3.32. The number of hydrogen-bond donors (Lipinski definition) is 5. The van der Waals surface area contributed by atoms with Gasteiger partial charge in [0.2, 0.25) is 0 Å². The summed E-state index contributed by atoms with van der Waals surface area (Å²) in [6, 6.07) is 0. The molecule has 0 heterocycles. The molecule has 0 aromatic carbocycles. The maximum absolute atomic E-state index is 9.85. The Morgan fingerprint density at radius 2 is 1.15 bits per heavy atom. The van der Waals surface area contributed by atoms with Gasteiger partial charge in [-0.1, -0.05) is 0 Å². The topological polar surface area (TPSA) is 159 Å². The van der Waals surface area contributed by atoms with Crippen LogP contribution < -0.4 is 5.32 Å². The second kappa shape index (κ2) is 7.61. The quantitative estimate of drug-likeness (QED) is 0.359. The molecule has 0 atom stereocenters. The minimum atomic E-state index is -4.55. The number of hydrogen-bond acceptors (Lipinski definition) is 3. The lowest BCUT2D eigenvalue weighted by Gasteiger charge is -2.03. The molecule has 0 aromatic rings. The summed E-state index contributed by atoms with van der Waals surface area (Å²) in [6.45, 7) is 0. The summed E-state index contributed by atoms with van der Waals surface area (Å²) in [4.78, 5) is 31.9. The van der Waals surface area contributed by atoms with Crippen molar-refractivity contribution in [2.75, 3.05) is 20.0 Å². The van der Waals surface area contributed by atoms with Crippen LogP contribution in [0.4, 0.5) is 0 Å². The molecule has 0 aromatic heterocycles. The molecule has 84 valence electrons. The Hall–Kier alpha value is 0.220. The first kappa shape index (κ1) is 18.9. The van der Waals surface area contributed by atoms with Crippen LogP contribution in [0.2, 0.25) is 0 Å². The first-order valence-corrected chi connectivity index (χ1v) is 6.39. The van der Waals surface area contributed by atoms with E-state index in [2.05, 4.69) is 5.32 Å². The molecule has 7 N–H and O–H groups in total. The van der Waals surface area contributed by atoms with Crippen molar-refractivity contribution in [1.82, 2.24) is 5.32 Å². The molecule has 0 unspecified atom stereocenters. The molecular weight excluding hydrogens is 224 g/mol. The number of rotatable bonds is 2. The SMILES string of the molecule is CNC.O.O=P(O)(O)CP(=O)(O)O. The average Bonchev–Trinajstić information content (AvgIpc) is 1.53. The van der Waals surface area contributed by atoms with Gasteiger partial charge in [0.1, 0.15) is 0 Å². The van der Waals surface area contributed by atoms with Gasteiger partial charge < -0.3 is 30.4 Å². The minimum Gasteiger partial charge on any atom is -0.412 e. The zero-order valence-electron chi connectivity index (χ0n) is 7.21. The molecule has 0 aliphatic heterocycles. The van der Waals surface area contributed by atoms with E-state index in [-0.39, 0.29) is 5.48 Å². The second-order valence-electron chi connectivity index (χ2n) is 1.97. The van der Waals surface area contributed by atoms with Crippen molar-refractivity contribution in [2.24, 2.45) is 0 Å². The molecule has 0 rings (SSSR count). The molecule has 0 amide bonds. The van der Waals surface area contributed by atoms with Crippen LogP contribution in [0.15, 0.2) is 0 Å². The van der Waals surface area contributed by atoms with E-state index >= 15 is 0 Å². The summed E-state index contributed by atoms with van der Waals surface area (Å²) in [7, 11) is -5.35. The lowest BCUT2D eigenvalue weighted by Crippen LogP contribution is -1.89. The highest BCUT2D eigenvalue weighted by Gasteiger charge is 2.26. The molecule has 0 saturated carbocycles. The summed E-state index contributed by atoms with van der Waals surface area (Å²) < 4.78 is 19.7. The molecule has 0 aliphatic rings. The lowest BCUT2D eigenvalue weighted by molar-refractivity contribution is 0.357. The van der Waals surface area contributed by atoms with Crippen LogP contribution >= 0.6 is 15.2 Å². The van der Waals surface area contributed by atoms with Crippen molar-refractivity contribution in [2.45, 2.75) is 0 Å². The van der Waals surface area contributed by atoms with Crippen molar-refractivity contribution in [1.29, 1.82) is 0 Å². The van der Waals surface area contributed by atoms with E-state index < -0.39 is 21.1 Å². The molecule has 10 heteroatoms. The second-order valence-corrected chi connectivity index (χ2v) is 5.76. The summed E-state index contributed by atoms with van der Waals surface area (Å²) in [5.41, 5.74) is 0. The van der Waals surface area contributed by atoms with Gasteiger partial charge in [0, 0.05) is 0 Å². The van der Waals surface area contributed by atoms with Gasteiger partial charge in [0.05, 0.1) is 0 Å². The van der Waals surface area contributed by atoms with Gasteiger partial charge in [0.25, 0.3) is 0 Å². The van der Waals surface area contributed by atoms with E-state index in [1.807, 2.05) is 14.1 Å². The fourth-order valence-electron chi connectivity index (χ4n) is 0.240. The van der Waals surface area contributed by atoms with Crippen molar-refractivity contribution in [3.05, 3.63) is 0 Å². The predicted molar refractivity (Wildman–Crippen MR) is 47.6 cm³/mol. The van der Waals surface area contributed by atoms with Gasteiger partial charge in [-0.25, -0.2) is 0 Å². The predicted octanol–water partition coefficient (Wildman–Crippen LogP) is -1.69. The monoisotopic (exact) mass is 239 g/mol. The Morgan fingerprint density at radius 1 is 1.00 bits per heavy atom. The highest BCUT2D eigenvalue weighted by atomic mass is 31.2. The molecule has 0 aliphatic carbocycles.